The number of aromatic nitrogens is 2. The smallest absolute Gasteiger partial charge is 0.267 e. The summed E-state index contributed by atoms with van der Waals surface area (Å²) >= 11 is 0. The van der Waals surface area contributed by atoms with Crippen LogP contribution >= 0.6 is 0 Å². The Hall–Kier alpha value is -3.35. The molecule has 1 aliphatic rings. The third kappa shape index (κ3) is 3.68. The molecule has 1 saturated heterocycles. The Labute approximate surface area is 169 Å². The van der Waals surface area contributed by atoms with Gasteiger partial charge in [-0.3, -0.25) is 9.59 Å². The van der Waals surface area contributed by atoms with Crippen LogP contribution in [0.3, 0.4) is 0 Å². The van der Waals surface area contributed by atoms with Gasteiger partial charge in [-0.15, -0.1) is 0 Å². The second-order valence-corrected chi connectivity index (χ2v) is 7.62. The highest BCUT2D eigenvalue weighted by Gasteiger charge is 2.37. The fourth-order valence-corrected chi connectivity index (χ4v) is 3.65. The van der Waals surface area contributed by atoms with Gasteiger partial charge in [0.25, 0.3) is 5.56 Å². The molecule has 7 nitrogen and oxygen atoms in total. The van der Waals surface area contributed by atoms with Crippen LogP contribution in [0.25, 0.3) is 11.5 Å². The standard InChI is InChI=1S/C22H24N4O3/c1-22(2,26-20(27)11-10-18(23-26)19-9-6-16-29-19)21(28)25-14-12-24(13-15-25)17-7-4-3-5-8-17/h3-11,16H,12-15H2,1-2H3. The summed E-state index contributed by atoms with van der Waals surface area (Å²) in [5, 5.41) is 4.42. The van der Waals surface area contributed by atoms with Crippen molar-refractivity contribution < 1.29 is 9.21 Å². The Balaban J connectivity index is 1.53. The van der Waals surface area contributed by atoms with E-state index in [1.54, 1.807) is 38.3 Å². The number of furan rings is 1. The molecule has 3 aromatic rings. The molecule has 1 aromatic carbocycles. The van der Waals surface area contributed by atoms with Crippen molar-refractivity contribution in [2.45, 2.75) is 19.4 Å². The first kappa shape index (κ1) is 19.0. The van der Waals surface area contributed by atoms with Gasteiger partial charge < -0.3 is 14.2 Å². The average Bonchev–Trinajstić information content (AvgIpc) is 3.29. The molecule has 29 heavy (non-hydrogen) atoms. The van der Waals surface area contributed by atoms with Crippen molar-refractivity contribution in [1.82, 2.24) is 14.7 Å². The molecule has 0 radical (unpaired) electrons. The maximum absolute atomic E-state index is 13.3. The van der Waals surface area contributed by atoms with Crippen molar-refractivity contribution in [2.24, 2.45) is 0 Å². The van der Waals surface area contributed by atoms with Crippen LogP contribution in [-0.2, 0) is 10.3 Å². The van der Waals surface area contributed by atoms with E-state index in [4.69, 9.17) is 4.42 Å². The maximum Gasteiger partial charge on any atom is 0.267 e. The first-order valence-corrected chi connectivity index (χ1v) is 9.71. The molecule has 2 aromatic heterocycles. The minimum Gasteiger partial charge on any atom is -0.463 e. The van der Waals surface area contributed by atoms with Crippen LogP contribution in [-0.4, -0.2) is 46.8 Å². The van der Waals surface area contributed by atoms with Crippen molar-refractivity contribution in [1.29, 1.82) is 0 Å². The van der Waals surface area contributed by atoms with Gasteiger partial charge in [-0.2, -0.15) is 5.10 Å². The molecule has 1 aliphatic heterocycles. The lowest BCUT2D eigenvalue weighted by atomic mass is 10.0. The van der Waals surface area contributed by atoms with Crippen LogP contribution in [0.2, 0.25) is 0 Å². The number of anilines is 1. The third-order valence-corrected chi connectivity index (χ3v) is 5.32. The van der Waals surface area contributed by atoms with Gasteiger partial charge in [0.1, 0.15) is 11.2 Å². The summed E-state index contributed by atoms with van der Waals surface area (Å²) < 4.78 is 6.64. The van der Waals surface area contributed by atoms with Gasteiger partial charge in [-0.25, -0.2) is 4.68 Å². The van der Waals surface area contributed by atoms with E-state index in [-0.39, 0.29) is 11.5 Å². The number of para-hydroxylation sites is 1. The Morgan fingerprint density at radius 3 is 2.34 bits per heavy atom. The van der Waals surface area contributed by atoms with E-state index in [2.05, 4.69) is 22.1 Å². The predicted molar refractivity (Wildman–Crippen MR) is 111 cm³/mol. The molecule has 150 valence electrons. The Kier molecular flexibility index (Phi) is 4.96. The number of piperazine rings is 1. The summed E-state index contributed by atoms with van der Waals surface area (Å²) in [7, 11) is 0. The molecule has 0 N–H and O–H groups in total. The van der Waals surface area contributed by atoms with Crippen molar-refractivity contribution in [3.63, 3.8) is 0 Å². The van der Waals surface area contributed by atoms with Crippen LogP contribution in [0, 0.1) is 0 Å². The topological polar surface area (TPSA) is 71.6 Å². The molecule has 0 saturated carbocycles. The lowest BCUT2D eigenvalue weighted by molar-refractivity contribution is -0.140. The van der Waals surface area contributed by atoms with Gasteiger partial charge in [-0.1, -0.05) is 18.2 Å². The summed E-state index contributed by atoms with van der Waals surface area (Å²) in [6.07, 6.45) is 1.55. The molecule has 0 unspecified atom stereocenters. The van der Waals surface area contributed by atoms with E-state index < -0.39 is 5.54 Å². The lowest BCUT2D eigenvalue weighted by Gasteiger charge is -2.39. The van der Waals surface area contributed by atoms with Crippen LogP contribution < -0.4 is 10.5 Å². The molecule has 0 aliphatic carbocycles. The number of nitrogens with zero attached hydrogens (tertiary/aromatic N) is 4. The highest BCUT2D eigenvalue weighted by Crippen LogP contribution is 2.22. The number of benzene rings is 1. The third-order valence-electron chi connectivity index (χ3n) is 5.32. The fraction of sp³-hybridized carbons (Fsp3) is 0.318. The summed E-state index contributed by atoms with van der Waals surface area (Å²) in [5.41, 5.74) is 0.253. The molecule has 1 amide bonds. The summed E-state index contributed by atoms with van der Waals surface area (Å²) in [6, 6.07) is 16.7. The Morgan fingerprint density at radius 1 is 0.966 bits per heavy atom. The van der Waals surface area contributed by atoms with Crippen molar-refractivity contribution >= 4 is 11.6 Å². The van der Waals surface area contributed by atoms with Crippen LogP contribution in [0.5, 0.6) is 0 Å². The van der Waals surface area contributed by atoms with Crippen molar-refractivity contribution in [3.8, 4) is 11.5 Å². The second-order valence-electron chi connectivity index (χ2n) is 7.62. The van der Waals surface area contributed by atoms with E-state index in [0.29, 0.717) is 24.5 Å². The predicted octanol–water partition coefficient (Wildman–Crippen LogP) is 2.59. The van der Waals surface area contributed by atoms with E-state index >= 15 is 0 Å². The van der Waals surface area contributed by atoms with Gasteiger partial charge in [0.2, 0.25) is 5.91 Å². The van der Waals surface area contributed by atoms with Gasteiger partial charge >= 0.3 is 0 Å². The van der Waals surface area contributed by atoms with Gasteiger partial charge in [0, 0.05) is 37.9 Å². The Bertz CT molecular complexity index is 1030. The monoisotopic (exact) mass is 392 g/mol. The van der Waals surface area contributed by atoms with E-state index in [0.717, 1.165) is 18.8 Å². The quantitative estimate of drug-likeness (QED) is 0.683. The average molecular weight is 392 g/mol. The largest absolute Gasteiger partial charge is 0.463 e. The van der Waals surface area contributed by atoms with Crippen molar-refractivity contribution in [2.75, 3.05) is 31.1 Å². The van der Waals surface area contributed by atoms with Crippen LogP contribution in [0.4, 0.5) is 5.69 Å². The summed E-state index contributed by atoms with van der Waals surface area (Å²) in [5.74, 6) is 0.440. The number of hydrogen-bond donors (Lipinski definition) is 0. The molecule has 7 heteroatoms. The SMILES string of the molecule is CC(C)(C(=O)N1CCN(c2ccccc2)CC1)n1nc(-c2ccco2)ccc1=O. The number of rotatable bonds is 4. The zero-order chi connectivity index (χ0) is 20.4. The molecule has 0 atom stereocenters. The van der Waals surface area contributed by atoms with Crippen LogP contribution in [0.15, 0.2) is 70.1 Å². The van der Waals surface area contributed by atoms with Gasteiger partial charge in [0.15, 0.2) is 5.76 Å². The van der Waals surface area contributed by atoms with E-state index in [1.807, 2.05) is 23.1 Å². The normalized spacial score (nSPS) is 14.8. The minimum absolute atomic E-state index is 0.114. The summed E-state index contributed by atoms with van der Waals surface area (Å²) in [6.45, 7) is 6.17. The highest BCUT2D eigenvalue weighted by molar-refractivity contribution is 5.84. The lowest BCUT2D eigenvalue weighted by Crippen LogP contribution is -2.56. The minimum atomic E-state index is -1.10. The number of carbonyl (C=O) groups excluding carboxylic acids is 1. The molecule has 4 rings (SSSR count). The van der Waals surface area contributed by atoms with Gasteiger partial charge in [-0.05, 0) is 44.2 Å². The molecule has 3 heterocycles. The summed E-state index contributed by atoms with van der Waals surface area (Å²) in [4.78, 5) is 29.9. The highest BCUT2D eigenvalue weighted by atomic mass is 16.3. The first-order valence-electron chi connectivity index (χ1n) is 9.71. The number of hydrogen-bond acceptors (Lipinski definition) is 5. The van der Waals surface area contributed by atoms with E-state index in [9.17, 15) is 9.59 Å². The second kappa shape index (κ2) is 7.58. The van der Waals surface area contributed by atoms with E-state index in [1.165, 1.54) is 10.7 Å². The number of carbonyl (C=O) groups is 1. The number of amides is 1. The molecular weight excluding hydrogens is 368 g/mol. The first-order chi connectivity index (χ1) is 14.0. The van der Waals surface area contributed by atoms with Crippen LogP contribution in [0.1, 0.15) is 13.8 Å². The van der Waals surface area contributed by atoms with Gasteiger partial charge in [0.05, 0.1) is 6.26 Å². The molecule has 0 bridgehead atoms. The zero-order valence-corrected chi connectivity index (χ0v) is 16.6. The molecule has 0 spiro atoms. The van der Waals surface area contributed by atoms with Crippen molar-refractivity contribution in [3.05, 3.63) is 71.2 Å². The maximum atomic E-state index is 13.3. The molecular formula is C22H24N4O3. The zero-order valence-electron chi connectivity index (χ0n) is 16.6. The Morgan fingerprint density at radius 2 is 1.69 bits per heavy atom. The fourth-order valence-electron chi connectivity index (χ4n) is 3.65. The molecule has 1 fully saturated rings.